The Morgan fingerprint density at radius 1 is 1.22 bits per heavy atom. The number of rotatable bonds is 9. The van der Waals surface area contributed by atoms with E-state index in [1.54, 1.807) is 11.0 Å². The van der Waals surface area contributed by atoms with Crippen LogP contribution in [-0.2, 0) is 13.6 Å². The third-order valence-corrected chi connectivity index (χ3v) is 4.85. The molecule has 0 aliphatic rings. The van der Waals surface area contributed by atoms with E-state index in [9.17, 15) is 0 Å². The summed E-state index contributed by atoms with van der Waals surface area (Å²) in [4.78, 5) is 11.2. The van der Waals surface area contributed by atoms with Crippen molar-refractivity contribution >= 4 is 17.6 Å². The predicted octanol–water partition coefficient (Wildman–Crippen LogP) is 2.61. The van der Waals surface area contributed by atoms with Crippen LogP contribution in [0.2, 0.25) is 5.02 Å². The molecule has 27 heavy (non-hydrogen) atoms. The van der Waals surface area contributed by atoms with Crippen LogP contribution >= 0.6 is 11.6 Å². The summed E-state index contributed by atoms with van der Waals surface area (Å²) < 4.78 is 1.73. The Hall–Kier alpha value is -2.12. The van der Waals surface area contributed by atoms with Crippen LogP contribution in [0.25, 0.3) is 0 Å². The van der Waals surface area contributed by atoms with Crippen LogP contribution in [0, 0.1) is 0 Å². The molecule has 1 aromatic heterocycles. The van der Waals surface area contributed by atoms with E-state index in [0.29, 0.717) is 13.1 Å². The summed E-state index contributed by atoms with van der Waals surface area (Å²) in [6.07, 6.45) is 1.54. The van der Waals surface area contributed by atoms with Crippen molar-refractivity contribution in [1.29, 1.82) is 0 Å². The second-order valence-electron chi connectivity index (χ2n) is 6.13. The zero-order valence-corrected chi connectivity index (χ0v) is 17.4. The molecule has 1 aromatic carbocycles. The average molecular weight is 392 g/mol. The highest BCUT2D eigenvalue weighted by atomic mass is 35.5. The normalized spacial score (nSPS) is 13.0. The molecular formula is C19H30ClN7. The van der Waals surface area contributed by atoms with Crippen LogP contribution in [0.1, 0.15) is 38.2 Å². The van der Waals surface area contributed by atoms with Crippen molar-refractivity contribution < 1.29 is 0 Å². The van der Waals surface area contributed by atoms with Crippen LogP contribution < -0.4 is 10.6 Å². The fraction of sp³-hybridized carbons (Fsp3) is 0.526. The number of halogens is 1. The second kappa shape index (κ2) is 10.9. The molecule has 0 fully saturated rings. The average Bonchev–Trinajstić information content (AvgIpc) is 3.08. The zero-order chi connectivity index (χ0) is 19.6. The second-order valence-corrected chi connectivity index (χ2v) is 6.54. The van der Waals surface area contributed by atoms with Gasteiger partial charge in [0.15, 0.2) is 5.96 Å². The highest BCUT2D eigenvalue weighted by Crippen LogP contribution is 2.26. The zero-order valence-electron chi connectivity index (χ0n) is 16.6. The summed E-state index contributed by atoms with van der Waals surface area (Å²) in [5, 5.41) is 11.6. The van der Waals surface area contributed by atoms with E-state index in [1.165, 1.54) is 0 Å². The number of hydrogen-bond donors (Lipinski definition) is 2. The lowest BCUT2D eigenvalue weighted by molar-refractivity contribution is 0.219. The number of hydrogen-bond acceptors (Lipinski definition) is 4. The minimum atomic E-state index is 0.160. The van der Waals surface area contributed by atoms with Gasteiger partial charge in [-0.15, -0.1) is 0 Å². The van der Waals surface area contributed by atoms with Crippen molar-refractivity contribution in [2.45, 2.75) is 33.4 Å². The molecule has 1 heterocycles. The van der Waals surface area contributed by atoms with E-state index in [1.807, 2.05) is 25.2 Å². The first-order valence-corrected chi connectivity index (χ1v) is 9.81. The summed E-state index contributed by atoms with van der Waals surface area (Å²) >= 11 is 6.48. The summed E-state index contributed by atoms with van der Waals surface area (Å²) in [5.74, 6) is 1.57. The van der Waals surface area contributed by atoms with Crippen LogP contribution in [0.5, 0.6) is 0 Å². The molecule has 8 heteroatoms. The topological polar surface area (TPSA) is 70.4 Å². The van der Waals surface area contributed by atoms with Crippen LogP contribution in [-0.4, -0.2) is 51.8 Å². The highest BCUT2D eigenvalue weighted by Gasteiger charge is 2.20. The fourth-order valence-corrected chi connectivity index (χ4v) is 3.26. The summed E-state index contributed by atoms with van der Waals surface area (Å²) in [6, 6.07) is 8.19. The predicted molar refractivity (Wildman–Crippen MR) is 111 cm³/mol. The molecule has 0 saturated carbocycles. The Balaban J connectivity index is 2.14. The Kier molecular flexibility index (Phi) is 8.54. The van der Waals surface area contributed by atoms with E-state index < -0.39 is 0 Å². The number of aliphatic imine (C=N–C) groups is 1. The smallest absolute Gasteiger partial charge is 0.191 e. The monoisotopic (exact) mass is 391 g/mol. The van der Waals surface area contributed by atoms with Crippen molar-refractivity contribution in [3.8, 4) is 0 Å². The molecule has 0 saturated heterocycles. The van der Waals surface area contributed by atoms with Gasteiger partial charge in [-0.2, -0.15) is 5.10 Å². The van der Waals surface area contributed by atoms with Gasteiger partial charge in [0.05, 0.1) is 6.04 Å². The molecular weight excluding hydrogens is 362 g/mol. The Labute approximate surface area is 166 Å². The van der Waals surface area contributed by atoms with Gasteiger partial charge in [-0.25, -0.2) is 9.98 Å². The van der Waals surface area contributed by atoms with Gasteiger partial charge in [-0.05, 0) is 31.6 Å². The third-order valence-electron chi connectivity index (χ3n) is 4.51. The lowest BCUT2D eigenvalue weighted by Crippen LogP contribution is -2.43. The number of guanidine groups is 1. The third kappa shape index (κ3) is 5.94. The highest BCUT2D eigenvalue weighted by molar-refractivity contribution is 6.31. The van der Waals surface area contributed by atoms with E-state index >= 15 is 0 Å². The first kappa shape index (κ1) is 21.2. The van der Waals surface area contributed by atoms with Gasteiger partial charge in [0.2, 0.25) is 0 Å². The largest absolute Gasteiger partial charge is 0.357 e. The first-order chi connectivity index (χ1) is 13.1. The number of benzene rings is 1. The molecule has 0 aliphatic heterocycles. The van der Waals surface area contributed by atoms with Crippen LogP contribution in [0.4, 0.5) is 0 Å². The fourth-order valence-electron chi connectivity index (χ4n) is 2.99. The van der Waals surface area contributed by atoms with E-state index in [2.05, 4.69) is 57.4 Å². The first-order valence-electron chi connectivity index (χ1n) is 9.44. The van der Waals surface area contributed by atoms with Crippen molar-refractivity contribution in [2.24, 2.45) is 12.0 Å². The molecule has 148 valence electrons. The van der Waals surface area contributed by atoms with E-state index in [4.69, 9.17) is 11.6 Å². The van der Waals surface area contributed by atoms with Crippen molar-refractivity contribution in [1.82, 2.24) is 30.3 Å². The number of aryl methyl sites for hydroxylation is 1. The molecule has 0 bridgehead atoms. The molecule has 1 unspecified atom stereocenters. The molecule has 2 N–H and O–H groups in total. The molecule has 0 radical (unpaired) electrons. The lowest BCUT2D eigenvalue weighted by Gasteiger charge is -2.31. The van der Waals surface area contributed by atoms with Crippen LogP contribution in [0.3, 0.4) is 0 Å². The van der Waals surface area contributed by atoms with E-state index in [-0.39, 0.29) is 6.04 Å². The number of nitrogens with one attached hydrogen (secondary N) is 2. The van der Waals surface area contributed by atoms with Gasteiger partial charge in [0.1, 0.15) is 18.7 Å². The number of aromatic nitrogens is 3. The van der Waals surface area contributed by atoms with Gasteiger partial charge in [0.25, 0.3) is 0 Å². The maximum atomic E-state index is 6.48. The van der Waals surface area contributed by atoms with Crippen molar-refractivity contribution in [2.75, 3.05) is 26.2 Å². The maximum Gasteiger partial charge on any atom is 0.191 e. The standard InChI is InChI=1S/C19H30ClN7/c1-5-21-19(23-13-18-24-14-25-26(18)4)22-12-17(27(6-2)7-3)15-10-8-9-11-16(15)20/h8-11,14,17H,5-7,12-13H2,1-4H3,(H2,21,22,23). The summed E-state index contributed by atoms with van der Waals surface area (Å²) in [7, 11) is 1.87. The molecule has 2 aromatic rings. The minimum Gasteiger partial charge on any atom is -0.357 e. The van der Waals surface area contributed by atoms with Gasteiger partial charge >= 0.3 is 0 Å². The number of nitrogens with zero attached hydrogens (tertiary/aromatic N) is 5. The molecule has 2 rings (SSSR count). The minimum absolute atomic E-state index is 0.160. The number of likely N-dealkylation sites (N-methyl/N-ethyl adjacent to an activating group) is 1. The molecule has 0 amide bonds. The van der Waals surface area contributed by atoms with Gasteiger partial charge in [-0.1, -0.05) is 43.6 Å². The van der Waals surface area contributed by atoms with Crippen LogP contribution in [0.15, 0.2) is 35.6 Å². The van der Waals surface area contributed by atoms with Crippen molar-refractivity contribution in [3.05, 3.63) is 47.0 Å². The SMILES string of the molecule is CCNC(=NCc1ncnn1C)NCC(c1ccccc1Cl)N(CC)CC. The molecule has 1 atom stereocenters. The Morgan fingerprint density at radius 3 is 2.56 bits per heavy atom. The molecule has 0 aliphatic carbocycles. The van der Waals surface area contributed by atoms with Gasteiger partial charge < -0.3 is 10.6 Å². The van der Waals surface area contributed by atoms with Gasteiger partial charge in [-0.3, -0.25) is 9.58 Å². The molecule has 7 nitrogen and oxygen atoms in total. The molecule has 0 spiro atoms. The maximum absolute atomic E-state index is 6.48. The Bertz CT molecular complexity index is 724. The van der Waals surface area contributed by atoms with Crippen molar-refractivity contribution in [3.63, 3.8) is 0 Å². The van der Waals surface area contributed by atoms with Gasteiger partial charge in [0, 0.05) is 25.2 Å². The summed E-state index contributed by atoms with van der Waals surface area (Å²) in [5.41, 5.74) is 1.12. The summed E-state index contributed by atoms with van der Waals surface area (Å²) in [6.45, 7) is 10.2. The quantitative estimate of drug-likeness (QED) is 0.508. The lowest BCUT2D eigenvalue weighted by atomic mass is 10.0. The Morgan fingerprint density at radius 2 is 1.96 bits per heavy atom. The van der Waals surface area contributed by atoms with E-state index in [0.717, 1.165) is 42.0 Å².